The van der Waals surface area contributed by atoms with Gasteiger partial charge in [0.05, 0.1) is 6.61 Å². The Labute approximate surface area is 111 Å². The van der Waals surface area contributed by atoms with Crippen molar-refractivity contribution in [3.8, 4) is 11.5 Å². The summed E-state index contributed by atoms with van der Waals surface area (Å²) in [6, 6.07) is 12.8. The van der Waals surface area contributed by atoms with Crippen molar-refractivity contribution in [2.75, 3.05) is 13.2 Å². The molecule has 0 amide bonds. The summed E-state index contributed by atoms with van der Waals surface area (Å²) in [4.78, 5) is 0. The van der Waals surface area contributed by atoms with Gasteiger partial charge in [0.2, 0.25) is 0 Å². The quantitative estimate of drug-likeness (QED) is 0.870. The number of halogens is 1. The summed E-state index contributed by atoms with van der Waals surface area (Å²) in [6.45, 7) is 0.846. The minimum Gasteiger partial charge on any atom is -0.508 e. The Hall–Kier alpha value is -2.07. The van der Waals surface area contributed by atoms with Crippen molar-refractivity contribution in [2.24, 2.45) is 5.73 Å². The Kier molecular flexibility index (Phi) is 4.36. The summed E-state index contributed by atoms with van der Waals surface area (Å²) in [5.41, 5.74) is 6.73. The van der Waals surface area contributed by atoms with E-state index in [1.807, 2.05) is 12.1 Å². The topological polar surface area (TPSA) is 55.5 Å². The molecule has 0 aromatic heterocycles. The molecule has 19 heavy (non-hydrogen) atoms. The first-order chi connectivity index (χ1) is 9.19. The monoisotopic (exact) mass is 261 g/mol. The molecule has 2 aromatic rings. The van der Waals surface area contributed by atoms with Crippen molar-refractivity contribution in [3.05, 3.63) is 59.9 Å². The summed E-state index contributed by atoms with van der Waals surface area (Å²) < 4.78 is 18.3. The lowest BCUT2D eigenvalue weighted by atomic mass is 10.0. The van der Waals surface area contributed by atoms with Gasteiger partial charge in [-0.3, -0.25) is 0 Å². The zero-order valence-electron chi connectivity index (χ0n) is 10.4. The third-order valence-corrected chi connectivity index (χ3v) is 2.91. The van der Waals surface area contributed by atoms with Crippen LogP contribution in [0.5, 0.6) is 11.5 Å². The third kappa shape index (κ3) is 3.69. The van der Waals surface area contributed by atoms with Crippen LogP contribution in [-0.4, -0.2) is 18.3 Å². The lowest BCUT2D eigenvalue weighted by Gasteiger charge is -2.16. The van der Waals surface area contributed by atoms with Crippen molar-refractivity contribution in [2.45, 2.75) is 5.92 Å². The summed E-state index contributed by atoms with van der Waals surface area (Å²) in [7, 11) is 0. The van der Waals surface area contributed by atoms with E-state index in [9.17, 15) is 9.50 Å². The number of phenols is 1. The highest BCUT2D eigenvalue weighted by atomic mass is 19.1. The van der Waals surface area contributed by atoms with E-state index in [0.29, 0.717) is 18.9 Å². The Morgan fingerprint density at radius 2 is 1.68 bits per heavy atom. The van der Waals surface area contributed by atoms with Crippen LogP contribution in [0.25, 0.3) is 0 Å². The standard InChI is InChI=1S/C15H16FNO2/c16-13-3-7-15(8-4-13)19-10-12(9-17)11-1-5-14(18)6-2-11/h1-8,12,18H,9-10,17H2. The molecule has 0 radical (unpaired) electrons. The first kappa shape index (κ1) is 13.4. The second-order valence-corrected chi connectivity index (χ2v) is 4.29. The van der Waals surface area contributed by atoms with Crippen LogP contribution < -0.4 is 10.5 Å². The van der Waals surface area contributed by atoms with E-state index in [0.717, 1.165) is 5.56 Å². The maximum Gasteiger partial charge on any atom is 0.123 e. The van der Waals surface area contributed by atoms with Crippen LogP contribution in [0, 0.1) is 5.82 Å². The van der Waals surface area contributed by atoms with Crippen molar-refractivity contribution < 1.29 is 14.2 Å². The van der Waals surface area contributed by atoms with Gasteiger partial charge in [-0.15, -0.1) is 0 Å². The first-order valence-electron chi connectivity index (χ1n) is 6.06. The number of hydrogen-bond donors (Lipinski definition) is 2. The molecule has 0 aliphatic rings. The fourth-order valence-electron chi connectivity index (χ4n) is 1.77. The number of phenolic OH excluding ortho intramolecular Hbond substituents is 1. The largest absolute Gasteiger partial charge is 0.508 e. The minimum absolute atomic E-state index is 0.0330. The van der Waals surface area contributed by atoms with Gasteiger partial charge in [0, 0.05) is 12.5 Å². The second-order valence-electron chi connectivity index (χ2n) is 4.29. The van der Waals surface area contributed by atoms with Gasteiger partial charge >= 0.3 is 0 Å². The van der Waals surface area contributed by atoms with Crippen molar-refractivity contribution in [1.29, 1.82) is 0 Å². The summed E-state index contributed by atoms with van der Waals surface area (Å²) in [6.07, 6.45) is 0. The molecular formula is C15H16FNO2. The summed E-state index contributed by atoms with van der Waals surface area (Å²) in [5.74, 6) is 0.574. The van der Waals surface area contributed by atoms with Crippen LogP contribution in [0.15, 0.2) is 48.5 Å². The lowest BCUT2D eigenvalue weighted by Crippen LogP contribution is -2.19. The second kappa shape index (κ2) is 6.20. The Bertz CT molecular complexity index is 511. The molecule has 0 aliphatic heterocycles. The molecule has 0 saturated carbocycles. The molecular weight excluding hydrogens is 245 g/mol. The summed E-state index contributed by atoms with van der Waals surface area (Å²) >= 11 is 0. The zero-order chi connectivity index (χ0) is 13.7. The van der Waals surface area contributed by atoms with E-state index in [-0.39, 0.29) is 17.5 Å². The van der Waals surface area contributed by atoms with Crippen molar-refractivity contribution in [3.63, 3.8) is 0 Å². The molecule has 3 N–H and O–H groups in total. The molecule has 2 rings (SSSR count). The van der Waals surface area contributed by atoms with Gasteiger partial charge in [0.15, 0.2) is 0 Å². The normalized spacial score (nSPS) is 12.1. The van der Waals surface area contributed by atoms with Crippen LogP contribution in [0.1, 0.15) is 11.5 Å². The highest BCUT2D eigenvalue weighted by Gasteiger charge is 2.10. The van der Waals surface area contributed by atoms with E-state index in [1.54, 1.807) is 24.3 Å². The number of nitrogens with two attached hydrogens (primary N) is 1. The molecule has 100 valence electrons. The van der Waals surface area contributed by atoms with Gasteiger partial charge in [0.1, 0.15) is 17.3 Å². The smallest absolute Gasteiger partial charge is 0.123 e. The van der Waals surface area contributed by atoms with Gasteiger partial charge < -0.3 is 15.6 Å². The number of ether oxygens (including phenoxy) is 1. The molecule has 0 heterocycles. The van der Waals surface area contributed by atoms with Gasteiger partial charge in [0.25, 0.3) is 0 Å². The minimum atomic E-state index is -0.291. The summed E-state index contributed by atoms with van der Waals surface area (Å²) in [5, 5.41) is 9.25. The number of benzene rings is 2. The fraction of sp³-hybridized carbons (Fsp3) is 0.200. The molecule has 1 unspecified atom stereocenters. The molecule has 1 atom stereocenters. The van der Waals surface area contributed by atoms with Gasteiger partial charge in [-0.2, -0.15) is 0 Å². The maximum absolute atomic E-state index is 12.8. The molecule has 0 fully saturated rings. The molecule has 0 saturated heterocycles. The highest BCUT2D eigenvalue weighted by molar-refractivity contribution is 5.29. The molecule has 3 nitrogen and oxygen atoms in total. The predicted molar refractivity (Wildman–Crippen MR) is 71.8 cm³/mol. The third-order valence-electron chi connectivity index (χ3n) is 2.91. The van der Waals surface area contributed by atoms with E-state index in [4.69, 9.17) is 10.5 Å². The van der Waals surface area contributed by atoms with Crippen molar-refractivity contribution >= 4 is 0 Å². The average molecular weight is 261 g/mol. The van der Waals surface area contributed by atoms with Crippen LogP contribution in [-0.2, 0) is 0 Å². The van der Waals surface area contributed by atoms with Gasteiger partial charge in [-0.05, 0) is 42.0 Å². The zero-order valence-corrected chi connectivity index (χ0v) is 10.4. The SMILES string of the molecule is NCC(COc1ccc(F)cc1)c1ccc(O)cc1. The average Bonchev–Trinajstić information content (AvgIpc) is 2.43. The van der Waals surface area contributed by atoms with Gasteiger partial charge in [-0.25, -0.2) is 4.39 Å². The van der Waals surface area contributed by atoms with Crippen LogP contribution >= 0.6 is 0 Å². The van der Waals surface area contributed by atoms with E-state index in [2.05, 4.69) is 0 Å². The maximum atomic E-state index is 12.8. The molecule has 0 aliphatic carbocycles. The molecule has 0 spiro atoms. The number of hydrogen-bond acceptors (Lipinski definition) is 3. The van der Waals surface area contributed by atoms with Gasteiger partial charge in [-0.1, -0.05) is 12.1 Å². The Balaban J connectivity index is 1.99. The van der Waals surface area contributed by atoms with Crippen LogP contribution in [0.2, 0.25) is 0 Å². The number of rotatable bonds is 5. The number of aromatic hydroxyl groups is 1. The fourth-order valence-corrected chi connectivity index (χ4v) is 1.77. The predicted octanol–water partition coefficient (Wildman–Crippen LogP) is 2.65. The molecule has 0 bridgehead atoms. The Morgan fingerprint density at radius 1 is 1.05 bits per heavy atom. The highest BCUT2D eigenvalue weighted by Crippen LogP contribution is 2.20. The van der Waals surface area contributed by atoms with E-state index < -0.39 is 0 Å². The van der Waals surface area contributed by atoms with E-state index >= 15 is 0 Å². The van der Waals surface area contributed by atoms with Crippen LogP contribution in [0.3, 0.4) is 0 Å². The van der Waals surface area contributed by atoms with Crippen molar-refractivity contribution in [1.82, 2.24) is 0 Å². The molecule has 4 heteroatoms. The molecule has 2 aromatic carbocycles. The van der Waals surface area contributed by atoms with Crippen LogP contribution in [0.4, 0.5) is 4.39 Å². The Morgan fingerprint density at radius 3 is 2.26 bits per heavy atom. The first-order valence-corrected chi connectivity index (χ1v) is 6.06. The lowest BCUT2D eigenvalue weighted by molar-refractivity contribution is 0.290. The van der Waals surface area contributed by atoms with E-state index in [1.165, 1.54) is 12.1 Å².